The van der Waals surface area contributed by atoms with Crippen LogP contribution in [0.4, 0.5) is 0 Å². The van der Waals surface area contributed by atoms with Gasteiger partial charge in [-0.2, -0.15) is 0 Å². The Morgan fingerprint density at radius 1 is 0.431 bits per heavy atom. The molecule has 2 aliphatic heterocycles. The molecule has 9 heteroatoms. The number of aliphatic hydroxyl groups excluding tert-OH is 1. The Kier molecular flexibility index (Phi) is 17.8. The Hall–Kier alpha value is -7.17. The summed E-state index contributed by atoms with van der Waals surface area (Å²) >= 11 is 0. The summed E-state index contributed by atoms with van der Waals surface area (Å²) < 4.78 is 17.7. The molecule has 4 aliphatic rings. The van der Waals surface area contributed by atoms with E-state index in [2.05, 4.69) is 111 Å². The molecule has 4 fully saturated rings. The van der Waals surface area contributed by atoms with Crippen molar-refractivity contribution in [2.45, 2.75) is 87.4 Å². The number of aliphatic hydroxyl groups is 1. The van der Waals surface area contributed by atoms with E-state index in [0.717, 1.165) is 89.4 Å². The van der Waals surface area contributed by atoms with Crippen molar-refractivity contribution in [1.82, 2.24) is 20.3 Å². The normalized spacial score (nSPS) is 21.0. The number of aromatic nitrogens is 3. The molecule has 9 aromatic rings. The number of aromatic hydroxyl groups is 1. The lowest BCUT2D eigenvalue weighted by molar-refractivity contribution is 0.164. The monoisotopic (exact) mass is 959 g/mol. The van der Waals surface area contributed by atoms with Gasteiger partial charge < -0.3 is 29.7 Å². The van der Waals surface area contributed by atoms with Gasteiger partial charge in [0.25, 0.3) is 0 Å². The number of hydrogen-bond acceptors (Lipinski definition) is 9. The summed E-state index contributed by atoms with van der Waals surface area (Å²) in [4.78, 5) is 12.3. The van der Waals surface area contributed by atoms with Gasteiger partial charge in [0.05, 0.1) is 6.10 Å². The molecule has 9 nitrogen and oxygen atoms in total. The maximum atomic E-state index is 9.64. The minimum atomic E-state index is -0.104. The second-order valence-corrected chi connectivity index (χ2v) is 18.9. The van der Waals surface area contributed by atoms with E-state index < -0.39 is 0 Å². The molecule has 3 N–H and O–H groups in total. The Balaban J connectivity index is 0.000000119. The Morgan fingerprint density at radius 3 is 1.42 bits per heavy atom. The van der Waals surface area contributed by atoms with Gasteiger partial charge in [0, 0.05) is 114 Å². The van der Waals surface area contributed by atoms with Crippen LogP contribution in [0.5, 0.6) is 17.2 Å². The highest BCUT2D eigenvalue weighted by atomic mass is 16.5. The second kappa shape index (κ2) is 25.8. The fourth-order valence-electron chi connectivity index (χ4n) is 10.3. The minimum Gasteiger partial charge on any atom is -0.507 e. The quantitative estimate of drug-likeness (QED) is 0.143. The van der Waals surface area contributed by atoms with E-state index in [1.165, 1.54) is 48.8 Å². The molecule has 72 heavy (non-hydrogen) atoms. The third-order valence-electron chi connectivity index (χ3n) is 14.1. The maximum absolute atomic E-state index is 9.64. The van der Waals surface area contributed by atoms with Crippen LogP contribution >= 0.6 is 0 Å². The molecule has 6 aromatic carbocycles. The molecule has 13 rings (SSSR count). The minimum absolute atomic E-state index is 0.104. The molecule has 0 bridgehead atoms. The van der Waals surface area contributed by atoms with Crippen molar-refractivity contribution in [3.05, 3.63) is 218 Å². The van der Waals surface area contributed by atoms with Crippen LogP contribution in [0.25, 0.3) is 32.3 Å². The molecule has 368 valence electrons. The van der Waals surface area contributed by atoms with Gasteiger partial charge in [-0.05, 0) is 98.0 Å². The molecule has 0 radical (unpaired) electrons. The van der Waals surface area contributed by atoms with E-state index in [-0.39, 0.29) is 18.3 Å². The molecule has 0 spiro atoms. The summed E-state index contributed by atoms with van der Waals surface area (Å²) in [6.45, 7) is 3.84. The molecule has 3 aromatic heterocycles. The fraction of sp³-hybridized carbons (Fsp3) is 0.286. The number of rotatable bonds is 7. The van der Waals surface area contributed by atoms with Crippen molar-refractivity contribution >= 4 is 32.3 Å². The molecule has 5 heterocycles. The first-order valence-corrected chi connectivity index (χ1v) is 25.7. The summed E-state index contributed by atoms with van der Waals surface area (Å²) in [5.41, 5.74) is 4.02. The van der Waals surface area contributed by atoms with Crippen molar-refractivity contribution < 1.29 is 24.4 Å². The van der Waals surface area contributed by atoms with Gasteiger partial charge in [0.1, 0.15) is 29.5 Å². The van der Waals surface area contributed by atoms with E-state index in [1.807, 2.05) is 79.4 Å². The number of nitrogens with zero attached hydrogens (tertiary/aromatic N) is 3. The average molecular weight is 959 g/mol. The molecule has 2 saturated carbocycles. The number of nitrogens with one attached hydrogen (secondary N) is 1. The van der Waals surface area contributed by atoms with Gasteiger partial charge in [-0.25, -0.2) is 0 Å². The lowest BCUT2D eigenvalue weighted by atomic mass is 9.96. The van der Waals surface area contributed by atoms with Gasteiger partial charge in [-0.15, -0.1) is 0 Å². The molecule has 2 aliphatic carbocycles. The smallest absolute Gasteiger partial charge is 0.127 e. The predicted molar refractivity (Wildman–Crippen MR) is 290 cm³/mol. The number of hydrogen-bond donors (Lipinski definition) is 3. The molecule has 2 saturated heterocycles. The Labute approximate surface area is 423 Å². The molecule has 0 amide bonds. The van der Waals surface area contributed by atoms with E-state index in [0.29, 0.717) is 23.5 Å². The van der Waals surface area contributed by atoms with Crippen molar-refractivity contribution in [2.75, 3.05) is 26.3 Å². The first kappa shape index (κ1) is 49.8. The number of phenols is 1. The summed E-state index contributed by atoms with van der Waals surface area (Å²) in [5.74, 6) is 3.51. The van der Waals surface area contributed by atoms with Crippen LogP contribution in [0, 0.1) is 0 Å². The zero-order valence-corrected chi connectivity index (χ0v) is 41.0. The Morgan fingerprint density at radius 2 is 0.903 bits per heavy atom. The zero-order chi connectivity index (χ0) is 49.2. The van der Waals surface area contributed by atoms with Crippen molar-refractivity contribution in [3.8, 4) is 17.2 Å². The van der Waals surface area contributed by atoms with Crippen molar-refractivity contribution in [2.24, 2.45) is 0 Å². The van der Waals surface area contributed by atoms with E-state index in [4.69, 9.17) is 14.2 Å². The number of phenolic OH excluding ortho intramolecular Hbond substituents is 1. The maximum Gasteiger partial charge on any atom is 0.127 e. The van der Waals surface area contributed by atoms with Gasteiger partial charge in [0.2, 0.25) is 0 Å². The van der Waals surface area contributed by atoms with Crippen molar-refractivity contribution in [1.29, 1.82) is 0 Å². The highest BCUT2D eigenvalue weighted by Crippen LogP contribution is 2.39. The van der Waals surface area contributed by atoms with Gasteiger partial charge in [-0.1, -0.05) is 134 Å². The summed E-state index contributed by atoms with van der Waals surface area (Å²) in [6.07, 6.45) is 20.5. The second-order valence-electron chi connectivity index (χ2n) is 18.9. The lowest BCUT2D eigenvalue weighted by Gasteiger charge is -2.22. The molecular weight excluding hydrogens is 893 g/mol. The van der Waals surface area contributed by atoms with E-state index in [9.17, 15) is 10.2 Å². The summed E-state index contributed by atoms with van der Waals surface area (Å²) in [6, 6.07) is 55.3. The average Bonchev–Trinajstić information content (AvgIpc) is 4.32. The predicted octanol–water partition coefficient (Wildman–Crippen LogP) is 13.4. The van der Waals surface area contributed by atoms with Crippen LogP contribution < -0.4 is 14.8 Å². The van der Waals surface area contributed by atoms with E-state index >= 15 is 0 Å². The molecule has 6 atom stereocenters. The fourth-order valence-corrected chi connectivity index (χ4v) is 10.3. The highest BCUT2D eigenvalue weighted by molar-refractivity contribution is 5.88. The highest BCUT2D eigenvalue weighted by Gasteiger charge is 2.32. The lowest BCUT2D eigenvalue weighted by Crippen LogP contribution is -2.24. The topological polar surface area (TPSA) is 119 Å². The first-order chi connectivity index (χ1) is 35.6. The van der Waals surface area contributed by atoms with Crippen LogP contribution in [0.15, 0.2) is 201 Å². The zero-order valence-electron chi connectivity index (χ0n) is 41.0. The van der Waals surface area contributed by atoms with Crippen LogP contribution in [0.3, 0.4) is 0 Å². The van der Waals surface area contributed by atoms with Crippen LogP contribution in [-0.4, -0.2) is 69.8 Å². The van der Waals surface area contributed by atoms with Crippen molar-refractivity contribution in [3.63, 3.8) is 0 Å². The number of benzene rings is 6. The number of fused-ring (bicyclic) bond motifs is 3. The molecular formula is C63H66N4O5. The summed E-state index contributed by atoms with van der Waals surface area (Å²) in [7, 11) is 0. The number of pyridine rings is 3. The first-order valence-electron chi connectivity index (χ1n) is 25.7. The van der Waals surface area contributed by atoms with E-state index in [1.54, 1.807) is 30.6 Å². The van der Waals surface area contributed by atoms with Gasteiger partial charge in [-0.3, -0.25) is 15.0 Å². The van der Waals surface area contributed by atoms with Crippen LogP contribution in [0.2, 0.25) is 0 Å². The van der Waals surface area contributed by atoms with Gasteiger partial charge >= 0.3 is 0 Å². The van der Waals surface area contributed by atoms with Gasteiger partial charge in [0.15, 0.2) is 0 Å². The van der Waals surface area contributed by atoms with Crippen LogP contribution in [-0.2, 0) is 4.74 Å². The standard InChI is InChI=1S/C20H19NO.C19H18N2O.C11H14O.C9H7NO.C4H8O/c1-2-6-15(7-3-1)17-9-5-11-19(17)22-20-10-4-8-16-14-21-13-12-18(16)20;1-2-5-14(6-3-1)17-12-21-13-19(17)22-18-8-4-7-15-11-20-10-9-16(15)18;12-11-8-4-7-10(11)9-5-2-1-3-6-9;11-9-3-1-2-7-6-10-5-4-8(7)9;1-2-4-5-3-1/h1-4,6-8,10,12-14,17,19H,5,9,11H2;1-11,17,19,21H,12-13H2;1-3,5-6,10-12H,4,7-8H2;1-6,11H;1-4H2/t2*17-,19-;10-,11+;;/m000../s1. The Bertz CT molecular complexity index is 2870. The van der Waals surface area contributed by atoms with Crippen LogP contribution in [0.1, 0.15) is 85.8 Å². The summed E-state index contributed by atoms with van der Waals surface area (Å²) in [5, 5.41) is 28.8. The molecule has 0 unspecified atom stereocenters. The third-order valence-corrected chi connectivity index (χ3v) is 14.1. The largest absolute Gasteiger partial charge is 0.507 e. The number of ether oxygens (including phenoxy) is 3. The SMILES string of the molecule is C1CCOC1.O[C@@H]1CCC[C@H]1c1ccccc1.Oc1cccc2cnccc12.c1ccc([C@@H]2CCC[C@@H]2Oc2cccc3cnccc23)cc1.c1ccc([C@@H]2CNC[C@@H]2Oc2cccc3cnccc23)cc1. The third kappa shape index (κ3) is 13.2.